The molecule has 1 aromatic heterocycles. The van der Waals surface area contributed by atoms with E-state index >= 15 is 0 Å². The average molecular weight is 726 g/mol. The number of benzene rings is 3. The van der Waals surface area contributed by atoms with E-state index in [4.69, 9.17) is 25.8 Å². The number of hydrogen-bond donors (Lipinski definition) is 0. The van der Waals surface area contributed by atoms with Crippen molar-refractivity contribution in [3.8, 4) is 17.6 Å². The molecular weight excluding hydrogens is 701 g/mol. The van der Waals surface area contributed by atoms with E-state index in [2.05, 4.69) is 33.7 Å². The SMILES string of the molecule is CCOC(=O)C1=C(C)N=c2s/c(=C/c3cc(I)c(OCc4ccccc4C#N)c(OC)c3)c(=O)n2[C@H]1c1ccc(Cl)cc1. The van der Waals surface area contributed by atoms with Crippen molar-refractivity contribution in [1.82, 2.24) is 4.57 Å². The van der Waals surface area contributed by atoms with Crippen LogP contribution < -0.4 is 24.4 Å². The summed E-state index contributed by atoms with van der Waals surface area (Å²) < 4.78 is 19.8. The molecule has 3 aromatic carbocycles. The second kappa shape index (κ2) is 13.2. The van der Waals surface area contributed by atoms with Crippen LogP contribution in [0.4, 0.5) is 0 Å². The first kappa shape index (κ1) is 30.5. The van der Waals surface area contributed by atoms with Crippen molar-refractivity contribution in [2.75, 3.05) is 13.7 Å². The van der Waals surface area contributed by atoms with Crippen LogP contribution in [-0.4, -0.2) is 24.3 Å². The van der Waals surface area contributed by atoms with Crippen molar-refractivity contribution in [2.45, 2.75) is 26.5 Å². The van der Waals surface area contributed by atoms with Gasteiger partial charge in [-0.25, -0.2) is 9.79 Å². The van der Waals surface area contributed by atoms with Crippen LogP contribution in [0.5, 0.6) is 11.5 Å². The third-order valence-corrected chi connectivity index (χ3v) is 8.80. The van der Waals surface area contributed by atoms with Gasteiger partial charge in [0.25, 0.3) is 5.56 Å². The van der Waals surface area contributed by atoms with E-state index in [9.17, 15) is 14.9 Å². The summed E-state index contributed by atoms with van der Waals surface area (Å²) in [6.07, 6.45) is 1.77. The molecule has 0 bridgehead atoms. The van der Waals surface area contributed by atoms with Gasteiger partial charge in [-0.1, -0.05) is 53.3 Å². The van der Waals surface area contributed by atoms with Gasteiger partial charge in [-0.15, -0.1) is 0 Å². The molecule has 0 saturated carbocycles. The number of halogens is 2. The zero-order valence-corrected chi connectivity index (χ0v) is 27.1. The summed E-state index contributed by atoms with van der Waals surface area (Å²) in [6.45, 7) is 3.87. The van der Waals surface area contributed by atoms with E-state index in [1.807, 2.05) is 24.3 Å². The molecule has 0 amide bonds. The van der Waals surface area contributed by atoms with Crippen molar-refractivity contribution in [3.63, 3.8) is 0 Å². The zero-order valence-electron chi connectivity index (χ0n) is 23.4. The van der Waals surface area contributed by atoms with Gasteiger partial charge in [0.05, 0.1) is 50.8 Å². The fraction of sp³-hybridized carbons (Fsp3) is 0.188. The first-order valence-corrected chi connectivity index (χ1v) is 15.5. The molecule has 1 atom stereocenters. The molecule has 0 saturated heterocycles. The van der Waals surface area contributed by atoms with Crippen molar-refractivity contribution in [3.05, 3.63) is 122 Å². The number of carbonyl (C=O) groups excluding carboxylic acids is 1. The molecule has 1 aliphatic heterocycles. The van der Waals surface area contributed by atoms with Crippen molar-refractivity contribution in [2.24, 2.45) is 4.99 Å². The minimum absolute atomic E-state index is 0.193. The van der Waals surface area contributed by atoms with Gasteiger partial charge in [-0.05, 0) is 84.0 Å². The number of ether oxygens (including phenoxy) is 3. The Hall–Kier alpha value is -3.92. The quantitative estimate of drug-likeness (QED) is 0.175. The standard InChI is InChI=1S/C32H25ClIN3O5S/c1-4-41-31(39)27-18(2)36-32-37(28(27)20-9-11-23(33)12-10-20)30(38)26(43-32)15-19-13-24(34)29(25(14-19)40-3)42-17-22-8-6-5-7-21(22)16-35/h5-15,28H,4,17H2,1-3H3/b26-15+/t28-/m0/s1. The molecule has 218 valence electrons. The first-order valence-electron chi connectivity index (χ1n) is 13.2. The molecule has 2 heterocycles. The molecule has 8 nitrogen and oxygen atoms in total. The lowest BCUT2D eigenvalue weighted by molar-refractivity contribution is -0.139. The van der Waals surface area contributed by atoms with Crippen LogP contribution in [-0.2, 0) is 16.1 Å². The third kappa shape index (κ3) is 6.25. The lowest BCUT2D eigenvalue weighted by atomic mass is 9.96. The molecular formula is C32H25ClIN3O5S. The number of nitriles is 1. The van der Waals surface area contributed by atoms with Gasteiger partial charge < -0.3 is 14.2 Å². The maximum Gasteiger partial charge on any atom is 0.338 e. The summed E-state index contributed by atoms with van der Waals surface area (Å²) in [6, 6.07) is 19.4. The van der Waals surface area contributed by atoms with Crippen LogP contribution in [0.15, 0.2) is 81.7 Å². The van der Waals surface area contributed by atoms with Crippen LogP contribution >= 0.6 is 45.5 Å². The Morgan fingerprint density at radius 2 is 1.95 bits per heavy atom. The number of methoxy groups -OCH3 is 1. The van der Waals surface area contributed by atoms with E-state index in [0.29, 0.717) is 48.3 Å². The van der Waals surface area contributed by atoms with Crippen molar-refractivity contribution < 1.29 is 19.0 Å². The van der Waals surface area contributed by atoms with Gasteiger partial charge in [0.1, 0.15) is 6.61 Å². The number of carbonyl (C=O) groups is 1. The fourth-order valence-corrected chi connectivity index (χ4v) is 6.73. The highest BCUT2D eigenvalue weighted by atomic mass is 127. The van der Waals surface area contributed by atoms with E-state index < -0.39 is 12.0 Å². The van der Waals surface area contributed by atoms with E-state index in [-0.39, 0.29) is 18.8 Å². The lowest BCUT2D eigenvalue weighted by Gasteiger charge is -2.24. The second-order valence-electron chi connectivity index (χ2n) is 9.45. The van der Waals surface area contributed by atoms with Gasteiger partial charge in [0.2, 0.25) is 0 Å². The summed E-state index contributed by atoms with van der Waals surface area (Å²) in [5.74, 6) is 0.497. The number of thiazole rings is 1. The number of esters is 1. The number of aromatic nitrogens is 1. The Morgan fingerprint density at radius 3 is 2.65 bits per heavy atom. The molecule has 43 heavy (non-hydrogen) atoms. The molecule has 1 aliphatic rings. The summed E-state index contributed by atoms with van der Waals surface area (Å²) in [5, 5.41) is 9.94. The van der Waals surface area contributed by atoms with Gasteiger partial charge in [0.15, 0.2) is 16.3 Å². The Morgan fingerprint density at radius 1 is 1.21 bits per heavy atom. The molecule has 4 aromatic rings. The first-order chi connectivity index (χ1) is 20.7. The number of allylic oxidation sites excluding steroid dienone is 1. The highest BCUT2D eigenvalue weighted by Crippen LogP contribution is 2.35. The van der Waals surface area contributed by atoms with E-state index in [1.54, 1.807) is 63.4 Å². The Labute approximate surface area is 270 Å². The van der Waals surface area contributed by atoms with Crippen LogP contribution in [0.1, 0.15) is 42.1 Å². The summed E-state index contributed by atoms with van der Waals surface area (Å²) in [5.41, 5.74) is 3.24. The molecule has 5 rings (SSSR count). The largest absolute Gasteiger partial charge is 0.493 e. The Kier molecular flexibility index (Phi) is 9.34. The van der Waals surface area contributed by atoms with Crippen molar-refractivity contribution >= 4 is 57.6 Å². The number of hydrogen-bond acceptors (Lipinski definition) is 8. The van der Waals surface area contributed by atoms with Gasteiger partial charge in [-0.2, -0.15) is 5.26 Å². The van der Waals surface area contributed by atoms with E-state index in [0.717, 1.165) is 14.7 Å². The van der Waals surface area contributed by atoms with Crippen LogP contribution in [0.3, 0.4) is 0 Å². The minimum Gasteiger partial charge on any atom is -0.493 e. The predicted octanol–water partition coefficient (Wildman–Crippen LogP) is 5.52. The van der Waals surface area contributed by atoms with Crippen molar-refractivity contribution in [1.29, 1.82) is 5.26 Å². The molecule has 0 fully saturated rings. The molecule has 0 radical (unpaired) electrons. The summed E-state index contributed by atoms with van der Waals surface area (Å²) in [7, 11) is 1.55. The van der Waals surface area contributed by atoms with E-state index in [1.165, 1.54) is 15.9 Å². The predicted molar refractivity (Wildman–Crippen MR) is 173 cm³/mol. The third-order valence-electron chi connectivity index (χ3n) is 6.76. The molecule has 0 unspecified atom stereocenters. The number of fused-ring (bicyclic) bond motifs is 1. The molecule has 0 N–H and O–H groups in total. The Balaban J connectivity index is 1.57. The highest BCUT2D eigenvalue weighted by molar-refractivity contribution is 14.1. The molecule has 0 spiro atoms. The Bertz CT molecular complexity index is 1980. The van der Waals surface area contributed by atoms with Crippen LogP contribution in [0.2, 0.25) is 5.02 Å². The van der Waals surface area contributed by atoms with Gasteiger partial charge in [-0.3, -0.25) is 9.36 Å². The maximum absolute atomic E-state index is 13.9. The molecule has 11 heteroatoms. The summed E-state index contributed by atoms with van der Waals surface area (Å²) in [4.78, 5) is 32.1. The number of nitrogens with zero attached hydrogens (tertiary/aromatic N) is 3. The minimum atomic E-state index is -0.726. The monoisotopic (exact) mass is 725 g/mol. The molecule has 0 aliphatic carbocycles. The smallest absolute Gasteiger partial charge is 0.338 e. The fourth-order valence-electron chi connectivity index (χ4n) is 4.77. The highest BCUT2D eigenvalue weighted by Gasteiger charge is 2.33. The maximum atomic E-state index is 13.9. The van der Waals surface area contributed by atoms with Gasteiger partial charge >= 0.3 is 5.97 Å². The topological polar surface area (TPSA) is 103 Å². The summed E-state index contributed by atoms with van der Waals surface area (Å²) >= 11 is 9.54. The second-order valence-corrected chi connectivity index (χ2v) is 12.1. The van der Waals surface area contributed by atoms with Crippen LogP contribution in [0.25, 0.3) is 6.08 Å². The van der Waals surface area contributed by atoms with Crippen LogP contribution in [0, 0.1) is 14.9 Å². The number of rotatable bonds is 8. The average Bonchev–Trinajstić information content (AvgIpc) is 3.30. The normalized spacial score (nSPS) is 14.5. The zero-order chi connectivity index (χ0) is 30.7. The van der Waals surface area contributed by atoms with Gasteiger partial charge in [0, 0.05) is 10.6 Å². The lowest BCUT2D eigenvalue weighted by Crippen LogP contribution is -2.39.